The lowest BCUT2D eigenvalue weighted by atomic mass is 9.96. The summed E-state index contributed by atoms with van der Waals surface area (Å²) in [4.78, 5) is 8.24. The standard InChI is InChI=1S/C36H24N2/c1-3-7-29(8-4-1)11-15-33-27-36(18-14-32-21-25-38-26-22-32)34(16-12-30-9-5-2-6-10-30)28-35(33)17-13-31-19-23-37-24-20-31/h1-10,13-14,17-28H/b17-13+,18-14+. The topological polar surface area (TPSA) is 25.8 Å². The Hall–Kier alpha value is -5.44. The first-order chi connectivity index (χ1) is 18.8. The second kappa shape index (κ2) is 12.5. The van der Waals surface area contributed by atoms with Crippen molar-refractivity contribution in [3.63, 3.8) is 0 Å². The maximum Gasteiger partial charge on any atom is 0.0328 e. The Kier molecular flexibility index (Phi) is 7.98. The summed E-state index contributed by atoms with van der Waals surface area (Å²) in [6, 6.07) is 32.2. The third kappa shape index (κ3) is 6.82. The average Bonchev–Trinajstić information content (AvgIpc) is 2.99. The van der Waals surface area contributed by atoms with Crippen LogP contribution >= 0.6 is 0 Å². The second-order valence-corrected chi connectivity index (χ2v) is 8.49. The van der Waals surface area contributed by atoms with Crippen molar-refractivity contribution >= 4 is 24.3 Å². The van der Waals surface area contributed by atoms with Gasteiger partial charge in [0.05, 0.1) is 0 Å². The molecule has 0 amide bonds. The largest absolute Gasteiger partial charge is 0.265 e. The van der Waals surface area contributed by atoms with Crippen molar-refractivity contribution in [2.24, 2.45) is 0 Å². The minimum atomic E-state index is 0.929. The summed E-state index contributed by atoms with van der Waals surface area (Å²) in [5.74, 6) is 13.4. The quantitative estimate of drug-likeness (QED) is 0.245. The number of pyridine rings is 2. The van der Waals surface area contributed by atoms with E-state index in [4.69, 9.17) is 0 Å². The average molecular weight is 485 g/mol. The lowest BCUT2D eigenvalue weighted by molar-refractivity contribution is 1.32. The third-order valence-corrected chi connectivity index (χ3v) is 5.78. The number of hydrogen-bond acceptors (Lipinski definition) is 2. The highest BCUT2D eigenvalue weighted by atomic mass is 14.6. The summed E-state index contributed by atoms with van der Waals surface area (Å²) in [5, 5.41) is 0. The van der Waals surface area contributed by atoms with E-state index in [0.717, 1.165) is 44.5 Å². The highest BCUT2D eigenvalue weighted by molar-refractivity contribution is 5.79. The summed E-state index contributed by atoms with van der Waals surface area (Å²) < 4.78 is 0. The van der Waals surface area contributed by atoms with Crippen molar-refractivity contribution < 1.29 is 0 Å². The van der Waals surface area contributed by atoms with Crippen LogP contribution in [0.5, 0.6) is 0 Å². The molecule has 0 radical (unpaired) electrons. The molecule has 0 atom stereocenters. The Balaban J connectivity index is 1.63. The zero-order chi connectivity index (χ0) is 25.8. The first kappa shape index (κ1) is 24.3. The van der Waals surface area contributed by atoms with Crippen LogP contribution in [-0.2, 0) is 0 Å². The Labute approximate surface area is 224 Å². The van der Waals surface area contributed by atoms with Crippen LogP contribution in [0.25, 0.3) is 24.3 Å². The van der Waals surface area contributed by atoms with Gasteiger partial charge in [-0.05, 0) is 82.9 Å². The smallest absolute Gasteiger partial charge is 0.0328 e. The lowest BCUT2D eigenvalue weighted by Gasteiger charge is -2.07. The van der Waals surface area contributed by atoms with Crippen LogP contribution in [0.3, 0.4) is 0 Å². The zero-order valence-corrected chi connectivity index (χ0v) is 20.8. The Bertz CT molecular complexity index is 1550. The Morgan fingerprint density at radius 3 is 1.21 bits per heavy atom. The van der Waals surface area contributed by atoms with Gasteiger partial charge >= 0.3 is 0 Å². The molecule has 0 aliphatic carbocycles. The van der Waals surface area contributed by atoms with Gasteiger partial charge in [-0.2, -0.15) is 0 Å². The van der Waals surface area contributed by atoms with Crippen LogP contribution < -0.4 is 0 Å². The summed E-state index contributed by atoms with van der Waals surface area (Å²) in [6.07, 6.45) is 15.5. The molecular weight excluding hydrogens is 460 g/mol. The number of aromatic nitrogens is 2. The van der Waals surface area contributed by atoms with Crippen LogP contribution in [0.2, 0.25) is 0 Å². The molecule has 2 nitrogen and oxygen atoms in total. The van der Waals surface area contributed by atoms with Crippen molar-refractivity contribution in [1.29, 1.82) is 0 Å². The first-order valence-electron chi connectivity index (χ1n) is 12.3. The highest BCUT2D eigenvalue weighted by Crippen LogP contribution is 2.22. The third-order valence-electron chi connectivity index (χ3n) is 5.78. The van der Waals surface area contributed by atoms with Crippen LogP contribution in [0.15, 0.2) is 122 Å². The maximum absolute atomic E-state index is 4.12. The van der Waals surface area contributed by atoms with Crippen molar-refractivity contribution in [2.75, 3.05) is 0 Å². The fraction of sp³-hybridized carbons (Fsp3) is 0. The van der Waals surface area contributed by atoms with Gasteiger partial charge in [-0.1, -0.05) is 84.4 Å². The molecule has 2 heterocycles. The molecule has 5 rings (SSSR count). The van der Waals surface area contributed by atoms with Gasteiger partial charge in [0.1, 0.15) is 0 Å². The normalized spacial score (nSPS) is 10.5. The zero-order valence-electron chi connectivity index (χ0n) is 20.8. The van der Waals surface area contributed by atoms with Crippen molar-refractivity contribution in [1.82, 2.24) is 9.97 Å². The minimum absolute atomic E-state index is 0.929. The molecule has 178 valence electrons. The number of rotatable bonds is 4. The molecule has 0 fully saturated rings. The number of benzene rings is 3. The molecule has 0 saturated carbocycles. The number of hydrogen-bond donors (Lipinski definition) is 0. The van der Waals surface area contributed by atoms with E-state index < -0.39 is 0 Å². The van der Waals surface area contributed by atoms with E-state index in [0.29, 0.717) is 0 Å². The molecule has 2 heteroatoms. The molecule has 0 aliphatic heterocycles. The summed E-state index contributed by atoms with van der Waals surface area (Å²) in [5.41, 5.74) is 7.95. The van der Waals surface area contributed by atoms with Gasteiger partial charge in [0.25, 0.3) is 0 Å². The molecule has 3 aromatic carbocycles. The van der Waals surface area contributed by atoms with Crippen LogP contribution in [0.4, 0.5) is 0 Å². The van der Waals surface area contributed by atoms with Gasteiger partial charge in [-0.3, -0.25) is 9.97 Å². The minimum Gasteiger partial charge on any atom is -0.265 e. The molecule has 5 aromatic rings. The molecule has 0 N–H and O–H groups in total. The first-order valence-corrected chi connectivity index (χ1v) is 12.3. The summed E-state index contributed by atoms with van der Waals surface area (Å²) >= 11 is 0. The predicted molar refractivity (Wildman–Crippen MR) is 158 cm³/mol. The monoisotopic (exact) mass is 484 g/mol. The van der Waals surface area contributed by atoms with Crippen LogP contribution in [0.1, 0.15) is 44.5 Å². The Morgan fingerprint density at radius 1 is 0.421 bits per heavy atom. The predicted octanol–water partition coefficient (Wildman–Crippen LogP) is 7.62. The molecule has 0 aliphatic rings. The molecule has 0 spiro atoms. The fourth-order valence-corrected chi connectivity index (χ4v) is 3.77. The molecular formula is C36H24N2. The van der Waals surface area contributed by atoms with Crippen LogP contribution in [-0.4, -0.2) is 9.97 Å². The van der Waals surface area contributed by atoms with E-state index in [9.17, 15) is 0 Å². The van der Waals surface area contributed by atoms with Gasteiger partial charge < -0.3 is 0 Å². The molecule has 0 saturated heterocycles. The Morgan fingerprint density at radius 2 is 0.816 bits per heavy atom. The van der Waals surface area contributed by atoms with Gasteiger partial charge in [0, 0.05) is 47.0 Å². The van der Waals surface area contributed by atoms with Gasteiger partial charge in [0.15, 0.2) is 0 Å². The van der Waals surface area contributed by atoms with Gasteiger partial charge in [-0.25, -0.2) is 0 Å². The van der Waals surface area contributed by atoms with Gasteiger partial charge in [0.2, 0.25) is 0 Å². The van der Waals surface area contributed by atoms with Gasteiger partial charge in [-0.15, -0.1) is 0 Å². The highest BCUT2D eigenvalue weighted by Gasteiger charge is 2.05. The van der Waals surface area contributed by atoms with E-state index in [1.54, 1.807) is 24.8 Å². The number of nitrogens with zero attached hydrogens (tertiary/aromatic N) is 2. The second-order valence-electron chi connectivity index (χ2n) is 8.49. The van der Waals surface area contributed by atoms with Crippen molar-refractivity contribution in [3.05, 3.63) is 166 Å². The molecule has 0 bridgehead atoms. The van der Waals surface area contributed by atoms with E-state index in [1.165, 1.54) is 0 Å². The maximum atomic E-state index is 4.12. The molecule has 0 unspecified atom stereocenters. The van der Waals surface area contributed by atoms with E-state index in [1.807, 2.05) is 84.9 Å². The van der Waals surface area contributed by atoms with Crippen LogP contribution in [0, 0.1) is 23.7 Å². The molecule has 2 aromatic heterocycles. The van der Waals surface area contributed by atoms with E-state index >= 15 is 0 Å². The van der Waals surface area contributed by atoms with Crippen molar-refractivity contribution in [2.45, 2.75) is 0 Å². The SMILES string of the molecule is C(#Cc1cc(/C=C/c2ccncc2)c(C#Cc2ccccc2)cc1/C=C/c1ccncc1)c1ccccc1. The lowest BCUT2D eigenvalue weighted by Crippen LogP contribution is -1.91. The van der Waals surface area contributed by atoms with Crippen molar-refractivity contribution in [3.8, 4) is 23.7 Å². The van der Waals surface area contributed by atoms with E-state index in [2.05, 4.69) is 70.1 Å². The fourth-order valence-electron chi connectivity index (χ4n) is 3.77. The summed E-state index contributed by atoms with van der Waals surface area (Å²) in [7, 11) is 0. The summed E-state index contributed by atoms with van der Waals surface area (Å²) in [6.45, 7) is 0. The van der Waals surface area contributed by atoms with E-state index in [-0.39, 0.29) is 0 Å². The molecule has 38 heavy (non-hydrogen) atoms.